The maximum Gasteiger partial charge on any atom is 0.340 e. The molecule has 1 amide bonds. The number of benzene rings is 1. The monoisotopic (exact) mass is 400 g/mol. The van der Waals surface area contributed by atoms with E-state index in [2.05, 4.69) is 10.3 Å². The molecule has 28 heavy (non-hydrogen) atoms. The largest absolute Gasteiger partial charge is 0.462 e. The summed E-state index contributed by atoms with van der Waals surface area (Å²) in [5.74, 6) is -1.14. The van der Waals surface area contributed by atoms with Gasteiger partial charge in [-0.1, -0.05) is 18.2 Å². The van der Waals surface area contributed by atoms with Gasteiger partial charge in [-0.2, -0.15) is 0 Å². The Labute approximate surface area is 166 Å². The van der Waals surface area contributed by atoms with Crippen LogP contribution in [0.4, 0.5) is 4.39 Å². The number of amides is 1. The van der Waals surface area contributed by atoms with Gasteiger partial charge < -0.3 is 15.0 Å². The molecular weight excluding hydrogens is 379 g/mol. The maximum atomic E-state index is 13.3. The van der Waals surface area contributed by atoms with E-state index in [1.807, 2.05) is 17.5 Å². The van der Waals surface area contributed by atoms with Crippen LogP contribution in [0.25, 0.3) is 0 Å². The lowest BCUT2D eigenvalue weighted by Crippen LogP contribution is -2.29. The van der Waals surface area contributed by atoms with Crippen molar-refractivity contribution in [3.63, 3.8) is 0 Å². The number of esters is 1. The summed E-state index contributed by atoms with van der Waals surface area (Å²) in [4.78, 5) is 29.1. The second kappa shape index (κ2) is 8.39. The van der Waals surface area contributed by atoms with E-state index >= 15 is 0 Å². The fourth-order valence-electron chi connectivity index (χ4n) is 3.12. The second-order valence-corrected chi connectivity index (χ2v) is 7.30. The van der Waals surface area contributed by atoms with Crippen molar-refractivity contribution in [2.24, 2.45) is 0 Å². The zero-order valence-corrected chi connectivity index (χ0v) is 16.7. The Morgan fingerprint density at radius 1 is 1.21 bits per heavy atom. The smallest absolute Gasteiger partial charge is 0.340 e. The molecule has 7 heteroatoms. The number of carbonyl (C=O) groups excluding carboxylic acids is 2. The Morgan fingerprint density at radius 2 is 1.93 bits per heavy atom. The standard InChI is InChI=1S/C21H21FN2O3S/c1-4-27-21(26)17-12(2)18(23-13(17)3)20(25)24-19(16-6-5-11-28-16)14-7-9-15(22)10-8-14/h5-11,19,23H,4H2,1-3H3,(H,24,25). The second-order valence-electron chi connectivity index (χ2n) is 6.32. The highest BCUT2D eigenvalue weighted by Gasteiger charge is 2.25. The van der Waals surface area contributed by atoms with Crippen LogP contribution in [0.5, 0.6) is 0 Å². The van der Waals surface area contributed by atoms with E-state index in [1.165, 1.54) is 23.5 Å². The first kappa shape index (κ1) is 19.8. The molecule has 0 radical (unpaired) electrons. The molecule has 0 bridgehead atoms. The highest BCUT2D eigenvalue weighted by atomic mass is 32.1. The predicted molar refractivity (Wildman–Crippen MR) is 106 cm³/mol. The van der Waals surface area contributed by atoms with Crippen LogP contribution in [0, 0.1) is 19.7 Å². The predicted octanol–water partition coefficient (Wildman–Crippen LogP) is 4.53. The average molecular weight is 400 g/mol. The SMILES string of the molecule is CCOC(=O)c1c(C)[nH]c(C(=O)NC(c2ccc(F)cc2)c2cccs2)c1C. The van der Waals surface area contributed by atoms with Gasteiger partial charge in [0.1, 0.15) is 11.5 Å². The summed E-state index contributed by atoms with van der Waals surface area (Å²) in [6, 6.07) is 9.41. The number of H-pyrrole nitrogens is 1. The number of aryl methyl sites for hydroxylation is 1. The summed E-state index contributed by atoms with van der Waals surface area (Å²) >= 11 is 1.50. The van der Waals surface area contributed by atoms with Crippen LogP contribution in [0.15, 0.2) is 41.8 Å². The van der Waals surface area contributed by atoms with Gasteiger partial charge in [0.2, 0.25) is 0 Å². The Hall–Kier alpha value is -2.93. The molecule has 2 heterocycles. The molecule has 0 spiro atoms. The minimum Gasteiger partial charge on any atom is -0.462 e. The van der Waals surface area contributed by atoms with Crippen LogP contribution < -0.4 is 5.32 Å². The van der Waals surface area contributed by atoms with Crippen molar-refractivity contribution in [3.8, 4) is 0 Å². The normalized spacial score (nSPS) is 11.9. The van der Waals surface area contributed by atoms with Crippen LogP contribution in [0.1, 0.15) is 55.5 Å². The number of nitrogens with one attached hydrogen (secondary N) is 2. The Bertz CT molecular complexity index is 978. The van der Waals surface area contributed by atoms with Crippen LogP contribution in [-0.2, 0) is 4.74 Å². The molecule has 0 aliphatic heterocycles. The first-order chi connectivity index (χ1) is 13.4. The number of thiophene rings is 1. The summed E-state index contributed by atoms with van der Waals surface area (Å²) in [6.45, 7) is 5.43. The molecular formula is C21H21FN2O3S. The third-order valence-electron chi connectivity index (χ3n) is 4.45. The number of hydrogen-bond donors (Lipinski definition) is 2. The van der Waals surface area contributed by atoms with Gasteiger partial charge in [-0.3, -0.25) is 4.79 Å². The molecule has 3 aromatic rings. The van der Waals surface area contributed by atoms with Gasteiger partial charge in [0.25, 0.3) is 5.91 Å². The molecule has 0 saturated heterocycles. The first-order valence-corrected chi connectivity index (χ1v) is 9.76. The number of carbonyl (C=O) groups is 2. The lowest BCUT2D eigenvalue weighted by molar-refractivity contribution is 0.0525. The van der Waals surface area contributed by atoms with Crippen molar-refractivity contribution in [1.82, 2.24) is 10.3 Å². The van der Waals surface area contributed by atoms with Crippen molar-refractivity contribution in [2.45, 2.75) is 26.8 Å². The van der Waals surface area contributed by atoms with E-state index < -0.39 is 12.0 Å². The molecule has 0 fully saturated rings. The summed E-state index contributed by atoms with van der Waals surface area (Å²) in [5.41, 5.74) is 2.57. The molecule has 1 atom stereocenters. The maximum absolute atomic E-state index is 13.3. The number of hydrogen-bond acceptors (Lipinski definition) is 4. The number of ether oxygens (including phenoxy) is 1. The van der Waals surface area contributed by atoms with Crippen molar-refractivity contribution < 1.29 is 18.7 Å². The van der Waals surface area contributed by atoms with E-state index in [0.717, 1.165) is 10.4 Å². The molecule has 146 valence electrons. The molecule has 3 rings (SSSR count). The number of halogens is 1. The molecule has 2 N–H and O–H groups in total. The Kier molecular flexibility index (Phi) is 5.94. The highest BCUT2D eigenvalue weighted by molar-refractivity contribution is 7.10. The van der Waals surface area contributed by atoms with Gasteiger partial charge >= 0.3 is 5.97 Å². The van der Waals surface area contributed by atoms with Crippen molar-refractivity contribution in [3.05, 3.63) is 80.6 Å². The third-order valence-corrected chi connectivity index (χ3v) is 5.39. The number of aromatic nitrogens is 1. The van der Waals surface area contributed by atoms with Gasteiger partial charge in [0.15, 0.2) is 0 Å². The molecule has 1 aromatic carbocycles. The van der Waals surface area contributed by atoms with E-state index in [4.69, 9.17) is 4.74 Å². The van der Waals surface area contributed by atoms with Gasteiger partial charge in [-0.05, 0) is 55.5 Å². The zero-order valence-electron chi connectivity index (χ0n) is 15.8. The summed E-state index contributed by atoms with van der Waals surface area (Å²) in [7, 11) is 0. The number of aromatic amines is 1. The summed E-state index contributed by atoms with van der Waals surface area (Å²) in [5, 5.41) is 4.91. The Balaban J connectivity index is 1.92. The highest BCUT2D eigenvalue weighted by Crippen LogP contribution is 2.27. The van der Waals surface area contributed by atoms with E-state index in [-0.39, 0.29) is 18.3 Å². The molecule has 1 unspecified atom stereocenters. The van der Waals surface area contributed by atoms with Gasteiger partial charge in [0.05, 0.1) is 18.2 Å². The van der Waals surface area contributed by atoms with Crippen molar-refractivity contribution in [1.29, 1.82) is 0 Å². The van der Waals surface area contributed by atoms with Crippen LogP contribution in [0.3, 0.4) is 0 Å². The minimum atomic E-state index is -0.457. The van der Waals surface area contributed by atoms with E-state index in [1.54, 1.807) is 32.9 Å². The fraction of sp³-hybridized carbons (Fsp3) is 0.238. The topological polar surface area (TPSA) is 71.2 Å². The summed E-state index contributed by atoms with van der Waals surface area (Å²) in [6.07, 6.45) is 0. The van der Waals surface area contributed by atoms with Crippen LogP contribution in [-0.4, -0.2) is 23.5 Å². The van der Waals surface area contributed by atoms with Gasteiger partial charge in [-0.25, -0.2) is 9.18 Å². The molecule has 2 aromatic heterocycles. The van der Waals surface area contributed by atoms with Crippen molar-refractivity contribution >= 4 is 23.2 Å². The van der Waals surface area contributed by atoms with Crippen molar-refractivity contribution in [2.75, 3.05) is 6.61 Å². The molecule has 5 nitrogen and oxygen atoms in total. The summed E-state index contributed by atoms with van der Waals surface area (Å²) < 4.78 is 18.4. The minimum absolute atomic E-state index is 0.259. The lowest BCUT2D eigenvalue weighted by Gasteiger charge is -2.18. The molecule has 0 saturated carbocycles. The van der Waals surface area contributed by atoms with Crippen LogP contribution in [0.2, 0.25) is 0 Å². The molecule has 0 aliphatic rings. The van der Waals surface area contributed by atoms with E-state index in [9.17, 15) is 14.0 Å². The first-order valence-electron chi connectivity index (χ1n) is 8.88. The lowest BCUT2D eigenvalue weighted by atomic mass is 10.0. The molecule has 0 aliphatic carbocycles. The van der Waals surface area contributed by atoms with E-state index in [0.29, 0.717) is 22.5 Å². The Morgan fingerprint density at radius 3 is 2.54 bits per heavy atom. The number of rotatable bonds is 6. The van der Waals surface area contributed by atoms with Gasteiger partial charge in [-0.15, -0.1) is 11.3 Å². The van der Waals surface area contributed by atoms with Crippen LogP contribution >= 0.6 is 11.3 Å². The average Bonchev–Trinajstić information content (AvgIpc) is 3.29. The fourth-order valence-corrected chi connectivity index (χ4v) is 3.92. The zero-order chi connectivity index (χ0) is 20.3. The third kappa shape index (κ3) is 3.99. The quantitative estimate of drug-likeness (QED) is 0.597. The van der Waals surface area contributed by atoms with Gasteiger partial charge in [0, 0.05) is 10.6 Å².